The highest BCUT2D eigenvalue weighted by Gasteiger charge is 2.28. The van der Waals surface area contributed by atoms with E-state index in [0.717, 1.165) is 12.1 Å². The Morgan fingerprint density at radius 2 is 1.86 bits per heavy atom. The standard InChI is InChI=1S/C21H22N2O4S2/c24-20(13-28-18-10-12-29(26,27)14-18)22-17-7-5-16(6-8-17)21(25)23-11-9-15-3-1-2-4-19(15)23/h1-8,18H,9-14H2,(H,22,24). The monoisotopic (exact) mass is 430 g/mol. The number of amides is 2. The quantitative estimate of drug-likeness (QED) is 0.789. The molecule has 2 aromatic rings. The summed E-state index contributed by atoms with van der Waals surface area (Å²) >= 11 is 1.38. The lowest BCUT2D eigenvalue weighted by Crippen LogP contribution is -2.28. The third-order valence-corrected chi connectivity index (χ3v) is 8.47. The van der Waals surface area contributed by atoms with E-state index in [9.17, 15) is 18.0 Å². The predicted octanol–water partition coefficient (Wildman–Crippen LogP) is 2.75. The summed E-state index contributed by atoms with van der Waals surface area (Å²) in [7, 11) is -2.93. The second-order valence-corrected chi connectivity index (χ2v) is 10.8. The molecule has 1 atom stereocenters. The Balaban J connectivity index is 1.32. The first-order valence-corrected chi connectivity index (χ1v) is 12.4. The van der Waals surface area contributed by atoms with Crippen molar-refractivity contribution in [2.24, 2.45) is 0 Å². The number of sulfone groups is 1. The highest BCUT2D eigenvalue weighted by molar-refractivity contribution is 8.02. The molecule has 2 aromatic carbocycles. The number of hydrogen-bond donors (Lipinski definition) is 1. The Labute approximate surface area is 174 Å². The summed E-state index contributed by atoms with van der Waals surface area (Å²) in [6.45, 7) is 0.671. The summed E-state index contributed by atoms with van der Waals surface area (Å²) in [6, 6.07) is 14.8. The normalized spacial score (nSPS) is 19.7. The van der Waals surface area contributed by atoms with Crippen molar-refractivity contribution in [1.29, 1.82) is 0 Å². The van der Waals surface area contributed by atoms with Crippen molar-refractivity contribution >= 4 is 44.8 Å². The summed E-state index contributed by atoms with van der Waals surface area (Å²) in [5.41, 5.74) is 3.33. The molecule has 0 saturated carbocycles. The molecule has 1 N–H and O–H groups in total. The third kappa shape index (κ3) is 4.64. The van der Waals surface area contributed by atoms with Gasteiger partial charge in [0.2, 0.25) is 5.91 Å². The highest BCUT2D eigenvalue weighted by atomic mass is 32.2. The predicted molar refractivity (Wildman–Crippen MR) is 116 cm³/mol. The van der Waals surface area contributed by atoms with Gasteiger partial charge in [-0.1, -0.05) is 18.2 Å². The van der Waals surface area contributed by atoms with Crippen LogP contribution in [0.4, 0.5) is 11.4 Å². The van der Waals surface area contributed by atoms with Crippen molar-refractivity contribution in [1.82, 2.24) is 0 Å². The van der Waals surface area contributed by atoms with Gasteiger partial charge in [-0.05, 0) is 48.7 Å². The van der Waals surface area contributed by atoms with Crippen molar-refractivity contribution in [2.45, 2.75) is 18.1 Å². The Kier molecular flexibility index (Phi) is 5.65. The Bertz CT molecular complexity index is 1030. The lowest BCUT2D eigenvalue weighted by atomic mass is 10.1. The lowest BCUT2D eigenvalue weighted by molar-refractivity contribution is -0.113. The molecule has 0 aromatic heterocycles. The summed E-state index contributed by atoms with van der Waals surface area (Å²) in [5, 5.41) is 2.80. The lowest BCUT2D eigenvalue weighted by Gasteiger charge is -2.17. The van der Waals surface area contributed by atoms with Crippen molar-refractivity contribution in [3.63, 3.8) is 0 Å². The van der Waals surface area contributed by atoms with Gasteiger partial charge in [-0.3, -0.25) is 9.59 Å². The van der Waals surface area contributed by atoms with Crippen LogP contribution in [0.15, 0.2) is 48.5 Å². The van der Waals surface area contributed by atoms with E-state index in [1.165, 1.54) is 17.3 Å². The first-order valence-electron chi connectivity index (χ1n) is 9.53. The molecule has 1 unspecified atom stereocenters. The molecular formula is C21H22N2O4S2. The van der Waals surface area contributed by atoms with Crippen LogP contribution < -0.4 is 10.2 Å². The molecule has 2 heterocycles. The largest absolute Gasteiger partial charge is 0.325 e. The maximum Gasteiger partial charge on any atom is 0.258 e. The molecule has 1 fully saturated rings. The number of nitrogens with one attached hydrogen (secondary N) is 1. The number of thioether (sulfide) groups is 1. The number of carbonyl (C=O) groups is 2. The molecule has 0 spiro atoms. The first kappa shape index (κ1) is 20.0. The van der Waals surface area contributed by atoms with Crippen molar-refractivity contribution in [3.05, 3.63) is 59.7 Å². The van der Waals surface area contributed by atoms with E-state index in [-0.39, 0.29) is 34.3 Å². The maximum atomic E-state index is 12.8. The van der Waals surface area contributed by atoms with Gasteiger partial charge in [0.05, 0.1) is 17.3 Å². The maximum absolute atomic E-state index is 12.8. The average molecular weight is 431 g/mol. The minimum Gasteiger partial charge on any atom is -0.325 e. The van der Waals surface area contributed by atoms with Crippen LogP contribution in [0.3, 0.4) is 0 Å². The summed E-state index contributed by atoms with van der Waals surface area (Å²) < 4.78 is 23.0. The Hall–Kier alpha value is -2.32. The van der Waals surface area contributed by atoms with Gasteiger partial charge in [-0.25, -0.2) is 8.42 Å². The molecule has 0 bridgehead atoms. The topological polar surface area (TPSA) is 83.5 Å². The molecule has 6 nitrogen and oxygen atoms in total. The molecule has 1 saturated heterocycles. The SMILES string of the molecule is O=C(CSC1CCS(=O)(=O)C1)Nc1ccc(C(=O)N2CCc3ccccc32)cc1. The summed E-state index contributed by atoms with van der Waals surface area (Å²) in [6.07, 6.45) is 1.47. The number of benzene rings is 2. The Morgan fingerprint density at radius 3 is 2.59 bits per heavy atom. The van der Waals surface area contributed by atoms with Crippen molar-refractivity contribution in [3.8, 4) is 0 Å². The van der Waals surface area contributed by atoms with E-state index >= 15 is 0 Å². The zero-order chi connectivity index (χ0) is 20.4. The van der Waals surface area contributed by atoms with E-state index in [0.29, 0.717) is 24.2 Å². The molecule has 0 radical (unpaired) electrons. The van der Waals surface area contributed by atoms with E-state index in [2.05, 4.69) is 5.32 Å². The van der Waals surface area contributed by atoms with Crippen LogP contribution >= 0.6 is 11.8 Å². The van der Waals surface area contributed by atoms with Crippen molar-refractivity contribution < 1.29 is 18.0 Å². The number of fused-ring (bicyclic) bond motifs is 1. The minimum absolute atomic E-state index is 0.00548. The van der Waals surface area contributed by atoms with E-state index in [4.69, 9.17) is 0 Å². The van der Waals surface area contributed by atoms with Gasteiger partial charge in [0.1, 0.15) is 0 Å². The van der Waals surface area contributed by atoms with Gasteiger partial charge in [-0.15, -0.1) is 11.8 Å². The fourth-order valence-electron chi connectivity index (χ4n) is 3.68. The number of para-hydroxylation sites is 1. The van der Waals surface area contributed by atoms with E-state index in [1.807, 2.05) is 24.3 Å². The van der Waals surface area contributed by atoms with Crippen molar-refractivity contribution in [2.75, 3.05) is 34.0 Å². The molecule has 4 rings (SSSR count). The van der Waals surface area contributed by atoms with Gasteiger partial charge in [0.25, 0.3) is 5.91 Å². The Morgan fingerprint density at radius 1 is 1.10 bits per heavy atom. The van der Waals surface area contributed by atoms with Crippen LogP contribution in [0.25, 0.3) is 0 Å². The average Bonchev–Trinajstić information content (AvgIpc) is 3.29. The highest BCUT2D eigenvalue weighted by Crippen LogP contribution is 2.29. The fraction of sp³-hybridized carbons (Fsp3) is 0.333. The van der Waals surface area contributed by atoms with Crippen LogP contribution in [0.2, 0.25) is 0 Å². The van der Waals surface area contributed by atoms with Gasteiger partial charge in [0, 0.05) is 28.7 Å². The van der Waals surface area contributed by atoms with E-state index in [1.54, 1.807) is 29.2 Å². The summed E-state index contributed by atoms with van der Waals surface area (Å²) in [4.78, 5) is 26.8. The van der Waals surface area contributed by atoms with Gasteiger partial charge < -0.3 is 10.2 Å². The molecule has 8 heteroatoms. The molecule has 2 amide bonds. The van der Waals surface area contributed by atoms with Crippen LogP contribution in [0.5, 0.6) is 0 Å². The smallest absolute Gasteiger partial charge is 0.258 e. The number of rotatable bonds is 5. The second-order valence-electron chi connectivity index (χ2n) is 7.30. The zero-order valence-electron chi connectivity index (χ0n) is 15.8. The molecule has 2 aliphatic heterocycles. The summed E-state index contributed by atoms with van der Waals surface area (Å²) in [5.74, 6) is 0.355. The molecular weight excluding hydrogens is 408 g/mol. The van der Waals surface area contributed by atoms with Crippen LogP contribution in [0.1, 0.15) is 22.3 Å². The third-order valence-electron chi connectivity index (χ3n) is 5.19. The zero-order valence-corrected chi connectivity index (χ0v) is 17.5. The van der Waals surface area contributed by atoms with Gasteiger partial charge >= 0.3 is 0 Å². The number of carbonyl (C=O) groups excluding carboxylic acids is 2. The minimum atomic E-state index is -2.93. The molecule has 0 aliphatic carbocycles. The van der Waals surface area contributed by atoms with Crippen LogP contribution in [-0.2, 0) is 21.1 Å². The number of hydrogen-bond acceptors (Lipinski definition) is 5. The van der Waals surface area contributed by atoms with Gasteiger partial charge in [0.15, 0.2) is 9.84 Å². The van der Waals surface area contributed by atoms with Crippen LogP contribution in [0, 0.1) is 0 Å². The number of nitrogens with zero attached hydrogens (tertiary/aromatic N) is 1. The molecule has 152 valence electrons. The van der Waals surface area contributed by atoms with E-state index < -0.39 is 9.84 Å². The molecule has 29 heavy (non-hydrogen) atoms. The first-order chi connectivity index (χ1) is 13.9. The molecule has 2 aliphatic rings. The van der Waals surface area contributed by atoms with Gasteiger partial charge in [-0.2, -0.15) is 0 Å². The van der Waals surface area contributed by atoms with Crippen LogP contribution in [-0.4, -0.2) is 49.3 Å². The second kappa shape index (κ2) is 8.20. The number of anilines is 2. The fourth-order valence-corrected chi connectivity index (χ4v) is 7.13.